The van der Waals surface area contributed by atoms with Gasteiger partial charge in [0.15, 0.2) is 0 Å². The third-order valence-corrected chi connectivity index (χ3v) is 3.47. The maximum Gasteiger partial charge on any atom is 0.275 e. The first kappa shape index (κ1) is 15.3. The molecule has 5 heteroatoms. The fourth-order valence-corrected chi connectivity index (χ4v) is 2.05. The van der Waals surface area contributed by atoms with Gasteiger partial charge in [-0.05, 0) is 36.8 Å². The molecule has 0 atom stereocenters. The summed E-state index contributed by atoms with van der Waals surface area (Å²) in [5.74, 6) is 0.218. The summed E-state index contributed by atoms with van der Waals surface area (Å²) in [4.78, 5) is 12.1. The molecule has 2 aromatic carbocycles. The van der Waals surface area contributed by atoms with E-state index in [1.807, 2.05) is 37.3 Å². The molecule has 21 heavy (non-hydrogen) atoms. The Balaban J connectivity index is 2.12. The monoisotopic (exact) mass is 346 g/mol. The standard InChI is InChI=1S/C16H15BrN2O2/c1-11(12-7-9-13(17)10-8-12)18-19-16(20)14-5-3-4-6-15(14)21-2/h3-10H,1-2H3,(H,19,20)/b18-11-. The van der Waals surface area contributed by atoms with E-state index in [0.29, 0.717) is 11.3 Å². The quantitative estimate of drug-likeness (QED) is 0.679. The number of rotatable bonds is 4. The Hall–Kier alpha value is -2.14. The molecule has 1 amide bonds. The van der Waals surface area contributed by atoms with E-state index in [-0.39, 0.29) is 5.91 Å². The summed E-state index contributed by atoms with van der Waals surface area (Å²) in [5, 5.41) is 4.12. The summed E-state index contributed by atoms with van der Waals surface area (Å²) in [7, 11) is 1.53. The van der Waals surface area contributed by atoms with E-state index in [9.17, 15) is 4.79 Å². The first-order valence-electron chi connectivity index (χ1n) is 6.35. The number of carbonyl (C=O) groups excluding carboxylic acids is 1. The molecule has 0 saturated carbocycles. The third kappa shape index (κ3) is 3.92. The maximum atomic E-state index is 12.1. The van der Waals surface area contributed by atoms with Crippen molar-refractivity contribution in [1.29, 1.82) is 0 Å². The van der Waals surface area contributed by atoms with Crippen LogP contribution < -0.4 is 10.2 Å². The van der Waals surface area contributed by atoms with Crippen LogP contribution in [0.2, 0.25) is 0 Å². The predicted molar refractivity (Wildman–Crippen MR) is 86.8 cm³/mol. The SMILES string of the molecule is COc1ccccc1C(=O)N/N=C(/C)c1ccc(Br)cc1. The number of para-hydroxylation sites is 1. The normalized spacial score (nSPS) is 11.1. The van der Waals surface area contributed by atoms with Crippen molar-refractivity contribution in [2.75, 3.05) is 7.11 Å². The summed E-state index contributed by atoms with van der Waals surface area (Å²) < 4.78 is 6.15. The molecule has 4 nitrogen and oxygen atoms in total. The summed E-state index contributed by atoms with van der Waals surface area (Å²) in [6, 6.07) is 14.7. The Kier molecular flexibility index (Phi) is 5.11. The minimum Gasteiger partial charge on any atom is -0.496 e. The second-order valence-electron chi connectivity index (χ2n) is 4.35. The number of benzene rings is 2. The molecule has 0 aliphatic carbocycles. The second-order valence-corrected chi connectivity index (χ2v) is 5.26. The highest BCUT2D eigenvalue weighted by molar-refractivity contribution is 9.10. The molecule has 0 aliphatic rings. The van der Waals surface area contributed by atoms with Gasteiger partial charge in [-0.15, -0.1) is 0 Å². The van der Waals surface area contributed by atoms with E-state index in [2.05, 4.69) is 26.5 Å². The number of hydrogen-bond acceptors (Lipinski definition) is 3. The maximum absolute atomic E-state index is 12.1. The van der Waals surface area contributed by atoms with E-state index < -0.39 is 0 Å². The summed E-state index contributed by atoms with van der Waals surface area (Å²) in [6.45, 7) is 1.84. The molecule has 2 rings (SSSR count). The molecule has 0 bridgehead atoms. The zero-order valence-corrected chi connectivity index (χ0v) is 13.3. The highest BCUT2D eigenvalue weighted by Crippen LogP contribution is 2.17. The van der Waals surface area contributed by atoms with Crippen molar-refractivity contribution in [3.63, 3.8) is 0 Å². The van der Waals surface area contributed by atoms with Crippen LogP contribution in [-0.4, -0.2) is 18.7 Å². The number of carbonyl (C=O) groups is 1. The van der Waals surface area contributed by atoms with Crippen LogP contribution in [0.5, 0.6) is 5.75 Å². The predicted octanol–water partition coefficient (Wildman–Crippen LogP) is 3.61. The first-order valence-corrected chi connectivity index (χ1v) is 7.14. The van der Waals surface area contributed by atoms with Crippen LogP contribution >= 0.6 is 15.9 Å². The highest BCUT2D eigenvalue weighted by atomic mass is 79.9. The van der Waals surface area contributed by atoms with Gasteiger partial charge in [0, 0.05) is 4.47 Å². The minimum absolute atomic E-state index is 0.302. The van der Waals surface area contributed by atoms with Gasteiger partial charge in [-0.2, -0.15) is 5.10 Å². The molecule has 0 spiro atoms. The lowest BCUT2D eigenvalue weighted by Gasteiger charge is -2.07. The molecular weight excluding hydrogens is 332 g/mol. The Morgan fingerprint density at radius 2 is 1.81 bits per heavy atom. The van der Waals surface area contributed by atoms with Gasteiger partial charge in [0.1, 0.15) is 5.75 Å². The molecule has 2 aromatic rings. The lowest BCUT2D eigenvalue weighted by molar-refractivity contribution is 0.0952. The van der Waals surface area contributed by atoms with Crippen molar-refractivity contribution in [3.05, 3.63) is 64.1 Å². The van der Waals surface area contributed by atoms with Gasteiger partial charge >= 0.3 is 0 Å². The van der Waals surface area contributed by atoms with Gasteiger partial charge < -0.3 is 4.74 Å². The van der Waals surface area contributed by atoms with Crippen molar-refractivity contribution >= 4 is 27.5 Å². The van der Waals surface area contributed by atoms with E-state index in [0.717, 1.165) is 15.7 Å². The average molecular weight is 347 g/mol. The van der Waals surface area contributed by atoms with Gasteiger partial charge in [-0.1, -0.05) is 40.2 Å². The van der Waals surface area contributed by atoms with Crippen molar-refractivity contribution in [2.24, 2.45) is 5.10 Å². The largest absolute Gasteiger partial charge is 0.496 e. The Labute approximate surface area is 132 Å². The van der Waals surface area contributed by atoms with Crippen molar-refractivity contribution in [1.82, 2.24) is 5.43 Å². The van der Waals surface area contributed by atoms with Crippen molar-refractivity contribution in [2.45, 2.75) is 6.92 Å². The summed E-state index contributed by atoms with van der Waals surface area (Å²) in [5.41, 5.74) is 4.67. The van der Waals surface area contributed by atoms with Crippen LogP contribution in [0.4, 0.5) is 0 Å². The molecule has 0 unspecified atom stereocenters. The molecule has 1 N–H and O–H groups in total. The number of nitrogens with one attached hydrogen (secondary N) is 1. The van der Waals surface area contributed by atoms with Gasteiger partial charge in [0.05, 0.1) is 18.4 Å². The second kappa shape index (κ2) is 7.04. The zero-order valence-electron chi connectivity index (χ0n) is 11.8. The van der Waals surface area contributed by atoms with Gasteiger partial charge in [-0.25, -0.2) is 5.43 Å². The van der Waals surface area contributed by atoms with Crippen LogP contribution in [-0.2, 0) is 0 Å². The molecular formula is C16H15BrN2O2. The molecule has 0 aliphatic heterocycles. The van der Waals surface area contributed by atoms with Crippen LogP contribution in [0.25, 0.3) is 0 Å². The lowest BCUT2D eigenvalue weighted by atomic mass is 10.1. The molecule has 0 heterocycles. The Bertz CT molecular complexity index is 666. The molecule has 0 radical (unpaired) electrons. The van der Waals surface area contributed by atoms with Gasteiger partial charge in [0.25, 0.3) is 5.91 Å². The van der Waals surface area contributed by atoms with Gasteiger partial charge in [-0.3, -0.25) is 4.79 Å². The summed E-state index contributed by atoms with van der Waals surface area (Å²) in [6.07, 6.45) is 0. The first-order chi connectivity index (χ1) is 10.1. The van der Waals surface area contributed by atoms with Crippen molar-refractivity contribution in [3.8, 4) is 5.75 Å². The number of hydrogen-bond donors (Lipinski definition) is 1. The Morgan fingerprint density at radius 3 is 2.48 bits per heavy atom. The third-order valence-electron chi connectivity index (χ3n) is 2.94. The molecule has 0 saturated heterocycles. The molecule has 108 valence electrons. The topological polar surface area (TPSA) is 50.7 Å². The number of amides is 1. The fourth-order valence-electron chi connectivity index (χ4n) is 1.78. The minimum atomic E-state index is -0.302. The van der Waals surface area contributed by atoms with E-state index in [1.54, 1.807) is 18.2 Å². The van der Waals surface area contributed by atoms with Crippen LogP contribution in [0.15, 0.2) is 58.1 Å². The highest BCUT2D eigenvalue weighted by Gasteiger charge is 2.10. The summed E-state index contributed by atoms with van der Waals surface area (Å²) >= 11 is 3.38. The number of halogens is 1. The van der Waals surface area contributed by atoms with E-state index in [1.165, 1.54) is 7.11 Å². The number of methoxy groups -OCH3 is 1. The number of nitrogens with zero attached hydrogens (tertiary/aromatic N) is 1. The fraction of sp³-hybridized carbons (Fsp3) is 0.125. The van der Waals surface area contributed by atoms with E-state index in [4.69, 9.17) is 4.74 Å². The average Bonchev–Trinajstić information content (AvgIpc) is 2.52. The zero-order chi connectivity index (χ0) is 15.2. The van der Waals surface area contributed by atoms with Gasteiger partial charge in [0.2, 0.25) is 0 Å². The smallest absolute Gasteiger partial charge is 0.275 e. The van der Waals surface area contributed by atoms with Crippen LogP contribution in [0, 0.1) is 0 Å². The van der Waals surface area contributed by atoms with E-state index >= 15 is 0 Å². The lowest BCUT2D eigenvalue weighted by Crippen LogP contribution is -2.20. The van der Waals surface area contributed by atoms with Crippen LogP contribution in [0.3, 0.4) is 0 Å². The van der Waals surface area contributed by atoms with Crippen LogP contribution in [0.1, 0.15) is 22.8 Å². The number of hydrazone groups is 1. The Morgan fingerprint density at radius 1 is 1.14 bits per heavy atom. The molecule has 0 aromatic heterocycles. The molecule has 0 fully saturated rings. The van der Waals surface area contributed by atoms with Crippen molar-refractivity contribution < 1.29 is 9.53 Å². The number of ether oxygens (including phenoxy) is 1.